The summed E-state index contributed by atoms with van der Waals surface area (Å²) in [4.78, 5) is 2.39. The fourth-order valence-corrected chi connectivity index (χ4v) is 3.29. The molecule has 0 aliphatic carbocycles. The third-order valence-electron chi connectivity index (χ3n) is 6.17. The summed E-state index contributed by atoms with van der Waals surface area (Å²) in [6.45, 7) is 24.6. The van der Waals surface area contributed by atoms with Gasteiger partial charge in [0, 0.05) is 21.5 Å². The number of nitrogens with two attached hydrogens (primary N) is 2. The van der Waals surface area contributed by atoms with E-state index in [0.29, 0.717) is 0 Å². The van der Waals surface area contributed by atoms with Crippen molar-refractivity contribution in [2.24, 2.45) is 11.5 Å². The van der Waals surface area contributed by atoms with Gasteiger partial charge in [0.15, 0.2) is 0 Å². The summed E-state index contributed by atoms with van der Waals surface area (Å²) in [7, 11) is 0. The normalized spacial score (nSPS) is 12.7. The molecule has 3 radical (unpaired) electrons. The summed E-state index contributed by atoms with van der Waals surface area (Å²) in [5, 5.41) is 0. The zero-order valence-corrected chi connectivity index (χ0v) is 22.8. The summed E-state index contributed by atoms with van der Waals surface area (Å²) >= 11 is 0. The Morgan fingerprint density at radius 3 is 1.10 bits per heavy atom. The van der Waals surface area contributed by atoms with Crippen LogP contribution in [0.25, 0.3) is 0 Å². The van der Waals surface area contributed by atoms with Crippen molar-refractivity contribution >= 4 is 21.8 Å². The molecule has 1 aliphatic rings. The fourth-order valence-electron chi connectivity index (χ4n) is 3.29. The van der Waals surface area contributed by atoms with Crippen molar-refractivity contribution in [3.8, 4) is 0 Å². The molecule has 0 saturated carbocycles. The van der Waals surface area contributed by atoms with Gasteiger partial charge in [0.2, 0.25) is 0 Å². The van der Waals surface area contributed by atoms with E-state index >= 15 is 0 Å². The molecule has 4 nitrogen and oxygen atoms in total. The number of morpholine rings is 1. The van der Waals surface area contributed by atoms with Crippen molar-refractivity contribution < 1.29 is 4.74 Å². The molecular weight excluding hydrogens is 379 g/mol. The van der Waals surface area contributed by atoms with Crippen molar-refractivity contribution in [2.45, 2.75) is 112 Å². The van der Waals surface area contributed by atoms with E-state index in [1.54, 1.807) is 0 Å². The highest BCUT2D eigenvalue weighted by molar-refractivity contribution is 6.58. The Bertz CT molecular complexity index is 248. The first-order valence-corrected chi connectivity index (χ1v) is 13.2. The molecule has 4 N–H and O–H groups in total. The van der Waals surface area contributed by atoms with Crippen LogP contribution in [0.3, 0.4) is 0 Å². The van der Waals surface area contributed by atoms with Crippen LogP contribution >= 0.6 is 0 Å². The van der Waals surface area contributed by atoms with Crippen LogP contribution in [0.4, 0.5) is 0 Å². The maximum absolute atomic E-state index is 5.28. The van der Waals surface area contributed by atoms with Crippen LogP contribution in [0.2, 0.25) is 37.9 Å². The molecule has 0 aromatic carbocycles. The Morgan fingerprint density at radius 1 is 0.613 bits per heavy atom. The number of nitrogens with zero attached hydrogens (tertiary/aromatic N) is 1. The molecule has 7 heteroatoms. The second kappa shape index (κ2) is 34.6. The van der Waals surface area contributed by atoms with Gasteiger partial charge >= 0.3 is 0 Å². The van der Waals surface area contributed by atoms with E-state index in [0.717, 1.165) is 65.7 Å². The largest absolute Gasteiger partial charge is 0.379 e. The summed E-state index contributed by atoms with van der Waals surface area (Å²) < 4.78 is 5.16. The van der Waals surface area contributed by atoms with Gasteiger partial charge in [0.05, 0.1) is 13.2 Å². The molecule has 31 heavy (non-hydrogen) atoms. The zero-order chi connectivity index (χ0) is 23.5. The Labute approximate surface area is 201 Å². The van der Waals surface area contributed by atoms with Crippen molar-refractivity contribution in [1.29, 1.82) is 0 Å². The Morgan fingerprint density at radius 2 is 0.935 bits per heavy atom. The van der Waals surface area contributed by atoms with Gasteiger partial charge in [-0.1, -0.05) is 99.2 Å². The lowest BCUT2D eigenvalue weighted by Gasteiger charge is -2.24. The molecule has 0 aromatic rings. The van der Waals surface area contributed by atoms with E-state index in [1.807, 2.05) is 0 Å². The lowest BCUT2D eigenvalue weighted by molar-refractivity contribution is 0.0405. The molecule has 1 fully saturated rings. The third-order valence-corrected chi connectivity index (χ3v) is 6.17. The van der Waals surface area contributed by atoms with Gasteiger partial charge in [-0.2, -0.15) is 0 Å². The second-order valence-electron chi connectivity index (χ2n) is 8.22. The molecule has 1 aliphatic heterocycles. The maximum Gasteiger partial charge on any atom is 0.139 e. The van der Waals surface area contributed by atoms with Gasteiger partial charge in [-0.15, -0.1) is 0 Å². The van der Waals surface area contributed by atoms with E-state index in [4.69, 9.17) is 16.2 Å². The number of hydrogen-bond acceptors (Lipinski definition) is 4. The molecular formula is C24H59B3N3O. The number of rotatable bonds is 12. The number of hydrogen-bond donors (Lipinski definition) is 2. The summed E-state index contributed by atoms with van der Waals surface area (Å²) in [6, 6.07) is 0. The molecule has 0 amide bonds. The van der Waals surface area contributed by atoms with E-state index in [2.05, 4.69) is 53.4 Å². The first kappa shape index (κ1) is 38.3. The lowest BCUT2D eigenvalue weighted by Crippen LogP contribution is -2.35. The highest BCUT2D eigenvalue weighted by atomic mass is 16.5. The average molecular weight is 438 g/mol. The molecule has 1 rings (SSSR count). The van der Waals surface area contributed by atoms with Crippen LogP contribution in [-0.4, -0.2) is 72.7 Å². The van der Waals surface area contributed by atoms with Crippen LogP contribution in [0.15, 0.2) is 0 Å². The van der Waals surface area contributed by atoms with Gasteiger partial charge in [-0.3, -0.25) is 4.90 Å². The SMILES string of the molecule is CCB(CC)CC.CCB(CC)CC.CCN1CCOCC1.NCCCCCCN.[B]. The topological polar surface area (TPSA) is 64.5 Å². The van der Waals surface area contributed by atoms with Crippen LogP contribution in [-0.2, 0) is 4.74 Å². The second-order valence-corrected chi connectivity index (χ2v) is 8.22. The van der Waals surface area contributed by atoms with Crippen LogP contribution in [0, 0.1) is 0 Å². The van der Waals surface area contributed by atoms with Gasteiger partial charge in [0.25, 0.3) is 0 Å². The van der Waals surface area contributed by atoms with E-state index in [9.17, 15) is 0 Å². The third kappa shape index (κ3) is 32.3. The highest BCUT2D eigenvalue weighted by Crippen LogP contribution is 2.02. The number of unbranched alkanes of at least 4 members (excludes halogenated alkanes) is 3. The van der Waals surface area contributed by atoms with Gasteiger partial charge in [0.1, 0.15) is 13.4 Å². The Balaban J connectivity index is -0.000000156. The summed E-state index contributed by atoms with van der Waals surface area (Å²) in [6.07, 6.45) is 12.9. The van der Waals surface area contributed by atoms with Gasteiger partial charge in [-0.25, -0.2) is 0 Å². The maximum atomic E-state index is 5.28. The highest BCUT2D eigenvalue weighted by Gasteiger charge is 2.06. The molecule has 1 saturated heterocycles. The predicted molar refractivity (Wildman–Crippen MR) is 150 cm³/mol. The molecule has 185 valence electrons. The molecule has 0 bridgehead atoms. The van der Waals surface area contributed by atoms with E-state index < -0.39 is 0 Å². The molecule has 1 heterocycles. The molecule has 0 atom stereocenters. The van der Waals surface area contributed by atoms with Crippen molar-refractivity contribution in [1.82, 2.24) is 4.90 Å². The van der Waals surface area contributed by atoms with Crippen LogP contribution in [0.1, 0.15) is 74.1 Å². The van der Waals surface area contributed by atoms with Crippen molar-refractivity contribution in [2.75, 3.05) is 45.9 Å². The summed E-state index contributed by atoms with van der Waals surface area (Å²) in [5.41, 5.74) is 10.6. The van der Waals surface area contributed by atoms with Gasteiger partial charge < -0.3 is 16.2 Å². The standard InChI is InChI=1S/2C6H15B.C6H16N2.C6H13NO.B/c2*1-4-7(5-2)6-3;7-5-3-1-2-4-6-8;1-2-7-3-5-8-6-4-7;/h2*4-6H2,1-3H3;1-8H2;2-6H2,1H3;. The van der Waals surface area contributed by atoms with Crippen LogP contribution < -0.4 is 11.5 Å². The van der Waals surface area contributed by atoms with Crippen molar-refractivity contribution in [3.63, 3.8) is 0 Å². The molecule has 0 spiro atoms. The molecule has 0 unspecified atom stereocenters. The smallest absolute Gasteiger partial charge is 0.139 e. The Hall–Kier alpha value is 0.0348. The number of ether oxygens (including phenoxy) is 1. The first-order chi connectivity index (χ1) is 14.5. The first-order valence-electron chi connectivity index (χ1n) is 13.2. The average Bonchev–Trinajstić information content (AvgIpc) is 2.81. The quantitative estimate of drug-likeness (QED) is 0.312. The fraction of sp³-hybridized carbons (Fsp3) is 1.00. The molecule has 0 aromatic heterocycles. The predicted octanol–water partition coefficient (Wildman–Crippen LogP) is 5.50. The monoisotopic (exact) mass is 438 g/mol. The minimum Gasteiger partial charge on any atom is -0.379 e. The minimum absolute atomic E-state index is 0. The van der Waals surface area contributed by atoms with E-state index in [1.165, 1.54) is 57.3 Å². The number of likely N-dealkylation sites (N-methyl/N-ethyl adjacent to an activating group) is 1. The van der Waals surface area contributed by atoms with E-state index in [-0.39, 0.29) is 8.41 Å². The Kier molecular flexibility index (Phi) is 42.8. The lowest BCUT2D eigenvalue weighted by atomic mass is 9.44. The van der Waals surface area contributed by atoms with Gasteiger partial charge in [-0.05, 0) is 32.5 Å². The summed E-state index contributed by atoms with van der Waals surface area (Å²) in [5.74, 6) is 0. The minimum atomic E-state index is 0. The van der Waals surface area contributed by atoms with Crippen molar-refractivity contribution in [3.05, 3.63) is 0 Å². The van der Waals surface area contributed by atoms with Crippen LogP contribution in [0.5, 0.6) is 0 Å². The zero-order valence-electron chi connectivity index (χ0n) is 22.8.